The monoisotopic (exact) mass is 450 g/mol. The van der Waals surface area contributed by atoms with Gasteiger partial charge in [0.15, 0.2) is 0 Å². The topological polar surface area (TPSA) is 87.6 Å². The maximum absolute atomic E-state index is 11.5. The summed E-state index contributed by atoms with van der Waals surface area (Å²) in [5, 5.41) is 13.9. The fourth-order valence-electron chi connectivity index (χ4n) is 3.86. The van der Waals surface area contributed by atoms with Crippen LogP contribution in [-0.4, -0.2) is 58.4 Å². The molecule has 1 fully saturated rings. The lowest BCUT2D eigenvalue weighted by atomic mass is 9.90. The average Bonchev–Trinajstić information content (AvgIpc) is 2.69. The number of carbonyl (C=O) groups is 1. The Labute approximate surface area is 173 Å². The van der Waals surface area contributed by atoms with Crippen molar-refractivity contribution in [3.63, 3.8) is 0 Å². The number of ether oxygens (including phenoxy) is 1. The van der Waals surface area contributed by atoms with Crippen LogP contribution in [0, 0.1) is 0 Å². The second-order valence-electron chi connectivity index (χ2n) is 7.17. The predicted octanol–water partition coefficient (Wildman–Crippen LogP) is 4.30. The van der Waals surface area contributed by atoms with Gasteiger partial charge in [-0.05, 0) is 49.8 Å². The first kappa shape index (κ1) is 20.8. The number of amides is 1. The lowest BCUT2D eigenvalue weighted by Crippen LogP contribution is -2.44. The van der Waals surface area contributed by atoms with E-state index >= 15 is 0 Å². The van der Waals surface area contributed by atoms with E-state index in [0.29, 0.717) is 19.1 Å². The van der Waals surface area contributed by atoms with Crippen LogP contribution in [-0.2, 0) is 11.2 Å². The van der Waals surface area contributed by atoms with E-state index in [0.717, 1.165) is 47.5 Å². The molecule has 8 heteroatoms. The van der Waals surface area contributed by atoms with Gasteiger partial charge in [-0.1, -0.05) is 22.9 Å². The second-order valence-corrected chi connectivity index (χ2v) is 8.08. The van der Waals surface area contributed by atoms with Gasteiger partial charge >= 0.3 is 6.09 Å². The highest BCUT2D eigenvalue weighted by atomic mass is 79.9. The molecule has 0 unspecified atom stereocenters. The number of carboxylic acid groups (broad SMARTS) is 1. The number of halogens is 1. The SMILES string of the molecule is CCc1cc(Br)cc2cnc(N[C@H]3CC[C@H](N(CCOC)C(=O)O)CC3)nc12. The van der Waals surface area contributed by atoms with Gasteiger partial charge < -0.3 is 20.1 Å². The number of benzene rings is 1. The van der Waals surface area contributed by atoms with Crippen molar-refractivity contribution >= 4 is 38.9 Å². The number of fused-ring (bicyclic) bond motifs is 1. The first-order valence-electron chi connectivity index (χ1n) is 9.72. The van der Waals surface area contributed by atoms with Crippen LogP contribution in [0.4, 0.5) is 10.7 Å². The van der Waals surface area contributed by atoms with Crippen LogP contribution in [0.15, 0.2) is 22.8 Å². The zero-order chi connectivity index (χ0) is 20.1. The molecule has 0 aliphatic heterocycles. The number of aromatic nitrogens is 2. The molecule has 1 aliphatic carbocycles. The van der Waals surface area contributed by atoms with E-state index < -0.39 is 6.09 Å². The third-order valence-corrected chi connectivity index (χ3v) is 5.82. The number of hydrogen-bond acceptors (Lipinski definition) is 5. The van der Waals surface area contributed by atoms with Gasteiger partial charge in [0.25, 0.3) is 0 Å². The van der Waals surface area contributed by atoms with E-state index in [2.05, 4.69) is 39.2 Å². The number of rotatable bonds is 7. The molecule has 3 rings (SSSR count). The van der Waals surface area contributed by atoms with E-state index in [9.17, 15) is 9.90 Å². The number of aryl methyl sites for hydroxylation is 1. The molecule has 28 heavy (non-hydrogen) atoms. The van der Waals surface area contributed by atoms with Crippen LogP contribution in [0.2, 0.25) is 0 Å². The summed E-state index contributed by atoms with van der Waals surface area (Å²) in [5.74, 6) is 0.641. The van der Waals surface area contributed by atoms with E-state index in [1.165, 1.54) is 10.5 Å². The molecule has 1 aromatic carbocycles. The zero-order valence-corrected chi connectivity index (χ0v) is 17.9. The summed E-state index contributed by atoms with van der Waals surface area (Å²) in [4.78, 5) is 22.2. The molecule has 1 saturated carbocycles. The van der Waals surface area contributed by atoms with Crippen LogP contribution in [0.25, 0.3) is 10.9 Å². The normalized spacial score (nSPS) is 19.5. The maximum Gasteiger partial charge on any atom is 0.407 e. The second kappa shape index (κ2) is 9.52. The highest BCUT2D eigenvalue weighted by Gasteiger charge is 2.28. The Morgan fingerprint density at radius 3 is 2.75 bits per heavy atom. The van der Waals surface area contributed by atoms with Gasteiger partial charge in [0.05, 0.1) is 12.1 Å². The third kappa shape index (κ3) is 4.91. The summed E-state index contributed by atoms with van der Waals surface area (Å²) in [5.41, 5.74) is 2.17. The summed E-state index contributed by atoms with van der Waals surface area (Å²) >= 11 is 3.54. The standard InChI is InChI=1S/C20H27BrN4O3/c1-3-13-10-15(21)11-14-12-22-19(24-18(13)14)23-16-4-6-17(7-5-16)25(20(26)27)8-9-28-2/h10-12,16-17H,3-9H2,1-2H3,(H,26,27)(H,22,23,24)/t16-,17-. The molecule has 0 atom stereocenters. The Balaban J connectivity index is 1.64. The van der Waals surface area contributed by atoms with E-state index in [1.807, 2.05) is 12.3 Å². The quantitative estimate of drug-likeness (QED) is 0.653. The molecular weight excluding hydrogens is 424 g/mol. The van der Waals surface area contributed by atoms with Gasteiger partial charge in [-0.2, -0.15) is 0 Å². The van der Waals surface area contributed by atoms with E-state index in [4.69, 9.17) is 9.72 Å². The maximum atomic E-state index is 11.5. The Morgan fingerprint density at radius 2 is 2.11 bits per heavy atom. The van der Waals surface area contributed by atoms with Gasteiger partial charge in [-0.25, -0.2) is 14.8 Å². The van der Waals surface area contributed by atoms with Gasteiger partial charge in [0.2, 0.25) is 5.95 Å². The van der Waals surface area contributed by atoms with Gasteiger partial charge in [-0.3, -0.25) is 0 Å². The summed E-state index contributed by atoms with van der Waals surface area (Å²) in [6.45, 7) is 2.96. The molecule has 0 spiro atoms. The van der Waals surface area contributed by atoms with Crippen LogP contribution >= 0.6 is 15.9 Å². The average molecular weight is 451 g/mol. The molecule has 152 valence electrons. The van der Waals surface area contributed by atoms with Crippen LogP contribution in [0.5, 0.6) is 0 Å². The number of hydrogen-bond donors (Lipinski definition) is 2. The lowest BCUT2D eigenvalue weighted by molar-refractivity contribution is 0.0854. The molecule has 7 nitrogen and oxygen atoms in total. The van der Waals surface area contributed by atoms with Gasteiger partial charge in [-0.15, -0.1) is 0 Å². The molecule has 0 saturated heterocycles. The van der Waals surface area contributed by atoms with Crippen molar-refractivity contribution in [1.82, 2.24) is 14.9 Å². The van der Waals surface area contributed by atoms with Crippen molar-refractivity contribution in [3.05, 3.63) is 28.4 Å². The Hall–Kier alpha value is -1.93. The van der Waals surface area contributed by atoms with Crippen molar-refractivity contribution in [1.29, 1.82) is 0 Å². The first-order valence-corrected chi connectivity index (χ1v) is 10.5. The fraction of sp³-hybridized carbons (Fsp3) is 0.550. The molecule has 0 radical (unpaired) electrons. The van der Waals surface area contributed by atoms with Crippen LogP contribution in [0.1, 0.15) is 38.2 Å². The number of methoxy groups -OCH3 is 1. The molecule has 2 aromatic rings. The van der Waals surface area contributed by atoms with Crippen molar-refractivity contribution in [3.8, 4) is 0 Å². The molecule has 2 N–H and O–H groups in total. The van der Waals surface area contributed by atoms with Crippen LogP contribution < -0.4 is 5.32 Å². The number of nitrogens with zero attached hydrogens (tertiary/aromatic N) is 3. The fourth-order valence-corrected chi connectivity index (χ4v) is 4.38. The van der Waals surface area contributed by atoms with Crippen molar-refractivity contribution in [2.75, 3.05) is 25.6 Å². The summed E-state index contributed by atoms with van der Waals surface area (Å²) in [6.07, 6.45) is 5.34. The molecule has 1 heterocycles. The third-order valence-electron chi connectivity index (χ3n) is 5.36. The molecular formula is C20H27BrN4O3. The van der Waals surface area contributed by atoms with E-state index in [-0.39, 0.29) is 12.1 Å². The van der Waals surface area contributed by atoms with Crippen LogP contribution in [0.3, 0.4) is 0 Å². The minimum atomic E-state index is -0.871. The smallest absolute Gasteiger partial charge is 0.407 e. The predicted molar refractivity (Wildman–Crippen MR) is 113 cm³/mol. The van der Waals surface area contributed by atoms with Gasteiger partial charge in [0, 0.05) is 41.8 Å². The first-order chi connectivity index (χ1) is 13.5. The van der Waals surface area contributed by atoms with E-state index in [1.54, 1.807) is 7.11 Å². The zero-order valence-electron chi connectivity index (χ0n) is 16.3. The largest absolute Gasteiger partial charge is 0.465 e. The summed E-state index contributed by atoms with van der Waals surface area (Å²) in [7, 11) is 1.59. The lowest BCUT2D eigenvalue weighted by Gasteiger charge is -2.35. The number of nitrogens with one attached hydrogen (secondary N) is 1. The Kier molecular flexibility index (Phi) is 7.07. The molecule has 1 aromatic heterocycles. The minimum absolute atomic E-state index is 0.0484. The van der Waals surface area contributed by atoms with Crippen molar-refractivity contribution in [2.24, 2.45) is 0 Å². The molecule has 0 bridgehead atoms. The Bertz CT molecular complexity index is 824. The highest BCUT2D eigenvalue weighted by Crippen LogP contribution is 2.27. The summed E-state index contributed by atoms with van der Waals surface area (Å²) in [6, 6.07) is 4.44. The highest BCUT2D eigenvalue weighted by molar-refractivity contribution is 9.10. The minimum Gasteiger partial charge on any atom is -0.465 e. The van der Waals surface area contributed by atoms with Gasteiger partial charge in [0.1, 0.15) is 0 Å². The van der Waals surface area contributed by atoms with Crippen molar-refractivity contribution in [2.45, 2.75) is 51.1 Å². The molecule has 1 amide bonds. The number of anilines is 1. The Morgan fingerprint density at radius 1 is 1.36 bits per heavy atom. The molecule has 1 aliphatic rings. The summed E-state index contributed by atoms with van der Waals surface area (Å²) < 4.78 is 6.08. The van der Waals surface area contributed by atoms with Crippen molar-refractivity contribution < 1.29 is 14.6 Å².